The summed E-state index contributed by atoms with van der Waals surface area (Å²) in [6, 6.07) is -0.349. The molecular formula is C23H42N2O4. The molecule has 6 nitrogen and oxygen atoms in total. The smallest absolute Gasteiger partial charge is 0.307 e. The van der Waals surface area contributed by atoms with Crippen LogP contribution in [0, 0.1) is 11.8 Å². The second-order valence-electron chi connectivity index (χ2n) is 9.74. The molecule has 168 valence electrons. The fourth-order valence-electron chi connectivity index (χ4n) is 3.77. The molecule has 0 aromatic rings. The zero-order chi connectivity index (χ0) is 22.2. The molecule has 0 bridgehead atoms. The zero-order valence-electron chi connectivity index (χ0n) is 19.5. The van der Waals surface area contributed by atoms with Crippen molar-refractivity contribution in [3.05, 3.63) is 0 Å². The Hall–Kier alpha value is -1.59. The van der Waals surface area contributed by atoms with Gasteiger partial charge < -0.3 is 15.0 Å². The molecule has 0 aromatic carbocycles. The summed E-state index contributed by atoms with van der Waals surface area (Å²) in [5, 5.41) is 2.97. The number of carbonyl (C=O) groups excluding carboxylic acids is 3. The van der Waals surface area contributed by atoms with E-state index in [1.54, 1.807) is 0 Å². The number of ether oxygens (including phenoxy) is 1. The van der Waals surface area contributed by atoms with Gasteiger partial charge in [0.25, 0.3) is 0 Å². The van der Waals surface area contributed by atoms with Crippen molar-refractivity contribution in [2.75, 3.05) is 6.54 Å². The summed E-state index contributed by atoms with van der Waals surface area (Å²) >= 11 is 0. The fraction of sp³-hybridized carbons (Fsp3) is 0.870. The van der Waals surface area contributed by atoms with Crippen molar-refractivity contribution in [1.29, 1.82) is 0 Å². The van der Waals surface area contributed by atoms with Gasteiger partial charge in [-0.1, -0.05) is 40.0 Å². The highest BCUT2D eigenvalue weighted by Crippen LogP contribution is 2.22. The summed E-state index contributed by atoms with van der Waals surface area (Å²) in [6.07, 6.45) is 5.61. The second-order valence-corrected chi connectivity index (χ2v) is 9.74. The number of amides is 2. The lowest BCUT2D eigenvalue weighted by Gasteiger charge is -2.31. The monoisotopic (exact) mass is 410 g/mol. The minimum atomic E-state index is -0.580. The Bertz CT molecular complexity index is 554. The number of rotatable bonds is 10. The topological polar surface area (TPSA) is 75.7 Å². The van der Waals surface area contributed by atoms with Crippen molar-refractivity contribution in [1.82, 2.24) is 10.2 Å². The van der Waals surface area contributed by atoms with Gasteiger partial charge in [0, 0.05) is 18.5 Å². The van der Waals surface area contributed by atoms with Crippen molar-refractivity contribution >= 4 is 17.8 Å². The average molecular weight is 411 g/mol. The van der Waals surface area contributed by atoms with Gasteiger partial charge in [-0.05, 0) is 52.9 Å². The van der Waals surface area contributed by atoms with Gasteiger partial charge in [-0.15, -0.1) is 0 Å². The quantitative estimate of drug-likeness (QED) is 0.435. The van der Waals surface area contributed by atoms with Crippen LogP contribution in [0.2, 0.25) is 0 Å². The molecule has 1 saturated heterocycles. The molecule has 1 aliphatic heterocycles. The third kappa shape index (κ3) is 8.75. The van der Waals surface area contributed by atoms with Gasteiger partial charge in [0.05, 0.1) is 6.42 Å². The van der Waals surface area contributed by atoms with E-state index in [1.807, 2.05) is 39.5 Å². The van der Waals surface area contributed by atoms with E-state index in [0.29, 0.717) is 6.42 Å². The number of unbranched alkanes of at least 4 members (excludes halogenated alkanes) is 2. The molecule has 1 N–H and O–H groups in total. The van der Waals surface area contributed by atoms with Crippen LogP contribution in [0.3, 0.4) is 0 Å². The zero-order valence-corrected chi connectivity index (χ0v) is 19.5. The number of carbonyl (C=O) groups is 3. The molecule has 1 fully saturated rings. The molecule has 2 amide bonds. The van der Waals surface area contributed by atoms with Crippen LogP contribution in [0.4, 0.5) is 0 Å². The molecule has 3 unspecified atom stereocenters. The van der Waals surface area contributed by atoms with Gasteiger partial charge in [-0.3, -0.25) is 14.4 Å². The Morgan fingerprint density at radius 1 is 1.17 bits per heavy atom. The molecule has 1 aliphatic rings. The lowest BCUT2D eigenvalue weighted by molar-refractivity contribution is -0.157. The highest BCUT2D eigenvalue weighted by Gasteiger charge is 2.35. The molecule has 0 radical (unpaired) electrons. The van der Waals surface area contributed by atoms with Gasteiger partial charge in [-0.25, -0.2) is 0 Å². The third-order valence-corrected chi connectivity index (χ3v) is 5.43. The van der Waals surface area contributed by atoms with E-state index in [2.05, 4.69) is 19.2 Å². The van der Waals surface area contributed by atoms with Crippen molar-refractivity contribution < 1.29 is 19.1 Å². The highest BCUT2D eigenvalue weighted by molar-refractivity contribution is 5.90. The van der Waals surface area contributed by atoms with Crippen molar-refractivity contribution in [3.8, 4) is 0 Å². The van der Waals surface area contributed by atoms with Crippen LogP contribution in [0.1, 0.15) is 93.4 Å². The predicted octanol–water partition coefficient (Wildman–Crippen LogP) is 4.07. The van der Waals surface area contributed by atoms with E-state index in [9.17, 15) is 14.4 Å². The Balaban J connectivity index is 2.85. The van der Waals surface area contributed by atoms with Crippen LogP contribution in [0.5, 0.6) is 0 Å². The van der Waals surface area contributed by atoms with Crippen LogP contribution < -0.4 is 5.32 Å². The van der Waals surface area contributed by atoms with Gasteiger partial charge >= 0.3 is 5.97 Å². The Kier molecular flexibility index (Phi) is 10.1. The molecule has 0 saturated carbocycles. The normalized spacial score (nSPS) is 19.2. The number of nitrogens with zero attached hydrogens (tertiary/aromatic N) is 1. The molecule has 1 heterocycles. The van der Waals surface area contributed by atoms with Crippen LogP contribution in [0.15, 0.2) is 0 Å². The molecule has 1 rings (SSSR count). The maximum atomic E-state index is 13.1. The summed E-state index contributed by atoms with van der Waals surface area (Å²) in [5.74, 6) is -1.08. The van der Waals surface area contributed by atoms with E-state index in [1.165, 1.54) is 0 Å². The molecule has 29 heavy (non-hydrogen) atoms. The summed E-state index contributed by atoms with van der Waals surface area (Å²) in [7, 11) is 0. The summed E-state index contributed by atoms with van der Waals surface area (Å²) in [4.78, 5) is 40.3. The lowest BCUT2D eigenvalue weighted by Crippen LogP contribution is -2.53. The first-order valence-corrected chi connectivity index (χ1v) is 11.3. The van der Waals surface area contributed by atoms with Gasteiger partial charge in [0.1, 0.15) is 11.6 Å². The van der Waals surface area contributed by atoms with Crippen LogP contribution in [-0.4, -0.2) is 46.9 Å². The Morgan fingerprint density at radius 3 is 2.31 bits per heavy atom. The SMILES string of the molecule is CCCCCC(CC(=O)OC(C)(C)C)C(=O)NC(C(=O)N1CCCC1C)C(C)C. The molecule has 6 heteroatoms. The second kappa shape index (κ2) is 11.6. The number of likely N-dealkylation sites (tertiary alicyclic amines) is 1. The average Bonchev–Trinajstić information content (AvgIpc) is 3.02. The van der Waals surface area contributed by atoms with Crippen LogP contribution in [0.25, 0.3) is 0 Å². The summed E-state index contributed by atoms with van der Waals surface area (Å²) in [5.41, 5.74) is -0.580. The van der Waals surface area contributed by atoms with Crippen molar-refractivity contribution in [2.45, 2.75) is 111 Å². The molecule has 0 aliphatic carbocycles. The number of esters is 1. The summed E-state index contributed by atoms with van der Waals surface area (Å²) < 4.78 is 5.43. The maximum absolute atomic E-state index is 13.1. The number of hydrogen-bond donors (Lipinski definition) is 1. The van der Waals surface area contributed by atoms with E-state index >= 15 is 0 Å². The van der Waals surface area contributed by atoms with Gasteiger partial charge in [-0.2, -0.15) is 0 Å². The minimum Gasteiger partial charge on any atom is -0.460 e. The minimum absolute atomic E-state index is 0.0112. The van der Waals surface area contributed by atoms with Crippen molar-refractivity contribution in [3.63, 3.8) is 0 Å². The maximum Gasteiger partial charge on any atom is 0.307 e. The predicted molar refractivity (Wildman–Crippen MR) is 115 cm³/mol. The first-order chi connectivity index (χ1) is 13.5. The van der Waals surface area contributed by atoms with Crippen molar-refractivity contribution in [2.24, 2.45) is 11.8 Å². The van der Waals surface area contributed by atoms with E-state index in [-0.39, 0.29) is 36.2 Å². The molecule has 0 spiro atoms. The third-order valence-electron chi connectivity index (χ3n) is 5.43. The van der Waals surface area contributed by atoms with Gasteiger partial charge in [0.15, 0.2) is 0 Å². The largest absolute Gasteiger partial charge is 0.460 e. The van der Waals surface area contributed by atoms with E-state index in [0.717, 1.165) is 38.6 Å². The van der Waals surface area contributed by atoms with Crippen LogP contribution in [-0.2, 0) is 19.1 Å². The standard InChI is InChI=1S/C23H42N2O4/c1-8-9-10-13-18(15-19(26)29-23(5,6)7)21(27)24-20(16(2)3)22(28)25-14-11-12-17(25)4/h16-18,20H,8-15H2,1-7H3,(H,24,27). The van der Waals surface area contributed by atoms with E-state index < -0.39 is 17.6 Å². The first kappa shape index (κ1) is 25.4. The Morgan fingerprint density at radius 2 is 1.83 bits per heavy atom. The van der Waals surface area contributed by atoms with Gasteiger partial charge in [0.2, 0.25) is 11.8 Å². The fourth-order valence-corrected chi connectivity index (χ4v) is 3.77. The van der Waals surface area contributed by atoms with Crippen LogP contribution >= 0.6 is 0 Å². The highest BCUT2D eigenvalue weighted by atomic mass is 16.6. The number of hydrogen-bond acceptors (Lipinski definition) is 4. The lowest BCUT2D eigenvalue weighted by atomic mass is 9.94. The number of nitrogens with one attached hydrogen (secondary N) is 1. The molecule has 3 atom stereocenters. The van der Waals surface area contributed by atoms with E-state index in [4.69, 9.17) is 4.74 Å². The molecule has 0 aromatic heterocycles. The first-order valence-electron chi connectivity index (χ1n) is 11.3. The summed E-state index contributed by atoms with van der Waals surface area (Å²) in [6.45, 7) is 14.3. The Labute approximate surface area is 177 Å². The molecular weight excluding hydrogens is 368 g/mol.